The molecule has 2 rings (SSSR count). The molecule has 0 aliphatic rings. The van der Waals surface area contributed by atoms with E-state index in [9.17, 15) is 4.79 Å². The Hall–Kier alpha value is -1.92. The molecule has 0 spiro atoms. The highest BCUT2D eigenvalue weighted by Crippen LogP contribution is 2.22. The first-order chi connectivity index (χ1) is 10.6. The summed E-state index contributed by atoms with van der Waals surface area (Å²) in [5.74, 6) is -0.205. The maximum atomic E-state index is 11.8. The molecule has 116 valence electrons. The molecule has 0 fully saturated rings. The summed E-state index contributed by atoms with van der Waals surface area (Å²) in [5.41, 5.74) is 3.33. The molecule has 1 aromatic heterocycles. The number of anilines is 2. The third-order valence-corrected chi connectivity index (χ3v) is 3.92. The number of nitrogens with zero attached hydrogens (tertiary/aromatic N) is 1. The van der Waals surface area contributed by atoms with Gasteiger partial charge in [0.2, 0.25) is 0 Å². The summed E-state index contributed by atoms with van der Waals surface area (Å²) >= 11 is 3.47. The van der Waals surface area contributed by atoms with E-state index in [1.54, 1.807) is 19.4 Å². The van der Waals surface area contributed by atoms with Gasteiger partial charge in [-0.1, -0.05) is 15.9 Å². The van der Waals surface area contributed by atoms with E-state index in [0.29, 0.717) is 18.8 Å². The molecule has 1 heterocycles. The van der Waals surface area contributed by atoms with Crippen molar-refractivity contribution in [3.8, 4) is 0 Å². The van der Waals surface area contributed by atoms with E-state index in [-0.39, 0.29) is 5.91 Å². The number of amides is 1. The zero-order valence-corrected chi connectivity index (χ0v) is 14.1. The van der Waals surface area contributed by atoms with E-state index in [1.165, 1.54) is 0 Å². The van der Waals surface area contributed by atoms with Gasteiger partial charge in [0.25, 0.3) is 5.91 Å². The number of nitrogens with one attached hydrogen (secondary N) is 2. The molecule has 2 N–H and O–H groups in total. The summed E-state index contributed by atoms with van der Waals surface area (Å²) in [4.78, 5) is 16.0. The number of methoxy groups -OCH3 is 1. The predicted octanol–water partition coefficient (Wildman–Crippen LogP) is 3.27. The van der Waals surface area contributed by atoms with E-state index in [2.05, 4.69) is 31.5 Å². The van der Waals surface area contributed by atoms with Crippen molar-refractivity contribution in [2.75, 3.05) is 25.6 Å². The number of ether oxygens (including phenoxy) is 1. The van der Waals surface area contributed by atoms with E-state index in [4.69, 9.17) is 4.74 Å². The van der Waals surface area contributed by atoms with Gasteiger partial charge in [-0.2, -0.15) is 0 Å². The number of aromatic nitrogens is 1. The van der Waals surface area contributed by atoms with Crippen LogP contribution in [0.1, 0.15) is 16.1 Å². The Balaban J connectivity index is 1.99. The largest absolute Gasteiger partial charge is 0.383 e. The minimum absolute atomic E-state index is 0.205. The molecule has 6 heteroatoms. The smallest absolute Gasteiger partial charge is 0.269 e. The lowest BCUT2D eigenvalue weighted by Crippen LogP contribution is -2.27. The third kappa shape index (κ3) is 4.54. The summed E-state index contributed by atoms with van der Waals surface area (Å²) in [6.45, 7) is 2.98. The Morgan fingerprint density at radius 2 is 2.05 bits per heavy atom. The maximum absolute atomic E-state index is 11.8. The number of rotatable bonds is 6. The van der Waals surface area contributed by atoms with E-state index in [1.807, 2.05) is 31.2 Å². The van der Waals surface area contributed by atoms with Crippen molar-refractivity contribution in [3.63, 3.8) is 0 Å². The zero-order valence-electron chi connectivity index (χ0n) is 12.5. The van der Waals surface area contributed by atoms with E-state index < -0.39 is 0 Å². The lowest BCUT2D eigenvalue weighted by Gasteiger charge is -2.09. The first-order valence-corrected chi connectivity index (χ1v) is 7.66. The number of aryl methyl sites for hydroxylation is 1. The fourth-order valence-electron chi connectivity index (χ4n) is 1.85. The van der Waals surface area contributed by atoms with Crippen LogP contribution in [0, 0.1) is 6.92 Å². The number of hydrogen-bond donors (Lipinski definition) is 2. The number of carbonyl (C=O) groups excluding carboxylic acids is 1. The lowest BCUT2D eigenvalue weighted by atomic mass is 10.2. The number of benzene rings is 1. The van der Waals surface area contributed by atoms with Gasteiger partial charge in [0.1, 0.15) is 5.69 Å². The highest BCUT2D eigenvalue weighted by Gasteiger charge is 2.06. The molecule has 0 saturated heterocycles. The molecular formula is C16H18BrN3O2. The van der Waals surface area contributed by atoms with Crippen LogP contribution in [0.4, 0.5) is 11.4 Å². The van der Waals surface area contributed by atoms with E-state index >= 15 is 0 Å². The van der Waals surface area contributed by atoms with Crippen molar-refractivity contribution in [1.29, 1.82) is 0 Å². The molecule has 0 aliphatic carbocycles. The number of hydrogen-bond acceptors (Lipinski definition) is 4. The number of pyridine rings is 1. The Morgan fingerprint density at radius 3 is 2.68 bits per heavy atom. The van der Waals surface area contributed by atoms with Crippen LogP contribution in [0.3, 0.4) is 0 Å². The van der Waals surface area contributed by atoms with Gasteiger partial charge in [-0.3, -0.25) is 4.79 Å². The van der Waals surface area contributed by atoms with Gasteiger partial charge in [-0.25, -0.2) is 4.98 Å². The molecule has 2 aromatic rings. The van der Waals surface area contributed by atoms with Gasteiger partial charge in [0.15, 0.2) is 0 Å². The van der Waals surface area contributed by atoms with Gasteiger partial charge >= 0.3 is 0 Å². The normalized spacial score (nSPS) is 10.3. The second kappa shape index (κ2) is 7.91. The second-order valence-corrected chi connectivity index (χ2v) is 5.62. The summed E-state index contributed by atoms with van der Waals surface area (Å²) < 4.78 is 5.95. The van der Waals surface area contributed by atoms with Crippen molar-refractivity contribution in [1.82, 2.24) is 10.3 Å². The maximum Gasteiger partial charge on any atom is 0.269 e. The van der Waals surface area contributed by atoms with Gasteiger partial charge in [-0.05, 0) is 42.8 Å². The monoisotopic (exact) mass is 363 g/mol. The van der Waals surface area contributed by atoms with Gasteiger partial charge in [0.05, 0.1) is 18.5 Å². The van der Waals surface area contributed by atoms with Crippen LogP contribution >= 0.6 is 15.9 Å². The van der Waals surface area contributed by atoms with Crippen molar-refractivity contribution >= 4 is 33.2 Å². The summed E-state index contributed by atoms with van der Waals surface area (Å²) in [5, 5.41) is 5.99. The molecule has 22 heavy (non-hydrogen) atoms. The third-order valence-electron chi connectivity index (χ3n) is 3.03. The second-order valence-electron chi connectivity index (χ2n) is 4.77. The minimum Gasteiger partial charge on any atom is -0.383 e. The molecule has 0 radical (unpaired) electrons. The Kier molecular flexibility index (Phi) is 5.91. The highest BCUT2D eigenvalue weighted by atomic mass is 79.9. The summed E-state index contributed by atoms with van der Waals surface area (Å²) in [6.07, 6.45) is 1.64. The van der Waals surface area contributed by atoms with Crippen molar-refractivity contribution < 1.29 is 9.53 Å². The molecule has 0 unspecified atom stereocenters. The summed E-state index contributed by atoms with van der Waals surface area (Å²) in [7, 11) is 1.59. The van der Waals surface area contributed by atoms with Crippen molar-refractivity contribution in [3.05, 3.63) is 52.3 Å². The zero-order chi connectivity index (χ0) is 15.9. The quantitative estimate of drug-likeness (QED) is 0.773. The van der Waals surface area contributed by atoms with E-state index in [0.717, 1.165) is 21.4 Å². The molecule has 0 atom stereocenters. The topological polar surface area (TPSA) is 63.2 Å². The Bertz CT molecular complexity index is 644. The number of carbonyl (C=O) groups is 1. The fraction of sp³-hybridized carbons (Fsp3) is 0.250. The van der Waals surface area contributed by atoms with Gasteiger partial charge < -0.3 is 15.4 Å². The first kappa shape index (κ1) is 16.5. The lowest BCUT2D eigenvalue weighted by molar-refractivity contribution is 0.0932. The standard InChI is InChI=1S/C16H18BrN3O2/c1-11-9-12(3-5-14(11)17)20-13-4-6-15(19-10-13)16(21)18-7-8-22-2/h3-6,9-10,20H,7-8H2,1-2H3,(H,18,21). The average molecular weight is 364 g/mol. The molecule has 1 aromatic carbocycles. The van der Waals surface area contributed by atoms with Crippen LogP contribution in [0.2, 0.25) is 0 Å². The molecule has 0 aliphatic heterocycles. The van der Waals surface area contributed by atoms with Crippen LogP contribution in [0.5, 0.6) is 0 Å². The molecule has 0 bridgehead atoms. The van der Waals surface area contributed by atoms with Crippen LogP contribution < -0.4 is 10.6 Å². The predicted molar refractivity (Wildman–Crippen MR) is 90.6 cm³/mol. The molecule has 5 nitrogen and oxygen atoms in total. The Labute approximate surface area is 138 Å². The number of halogens is 1. The van der Waals surface area contributed by atoms with Gasteiger partial charge in [0, 0.05) is 23.8 Å². The van der Waals surface area contributed by atoms with Crippen LogP contribution in [-0.4, -0.2) is 31.2 Å². The summed E-state index contributed by atoms with van der Waals surface area (Å²) in [6, 6.07) is 9.52. The van der Waals surface area contributed by atoms with Crippen molar-refractivity contribution in [2.24, 2.45) is 0 Å². The molecule has 0 saturated carbocycles. The van der Waals surface area contributed by atoms with Crippen LogP contribution in [0.25, 0.3) is 0 Å². The Morgan fingerprint density at radius 1 is 1.27 bits per heavy atom. The van der Waals surface area contributed by atoms with Crippen LogP contribution in [-0.2, 0) is 4.74 Å². The molecular weight excluding hydrogens is 346 g/mol. The highest BCUT2D eigenvalue weighted by molar-refractivity contribution is 9.10. The fourth-order valence-corrected chi connectivity index (χ4v) is 2.10. The minimum atomic E-state index is -0.205. The average Bonchev–Trinajstić information content (AvgIpc) is 2.52. The SMILES string of the molecule is COCCNC(=O)c1ccc(Nc2ccc(Br)c(C)c2)cn1. The molecule has 1 amide bonds. The van der Waals surface area contributed by atoms with Crippen molar-refractivity contribution in [2.45, 2.75) is 6.92 Å². The first-order valence-electron chi connectivity index (χ1n) is 6.86. The van der Waals surface area contributed by atoms with Gasteiger partial charge in [-0.15, -0.1) is 0 Å². The van der Waals surface area contributed by atoms with Crippen LogP contribution in [0.15, 0.2) is 41.0 Å².